The molecule has 6 nitrogen and oxygen atoms in total. The summed E-state index contributed by atoms with van der Waals surface area (Å²) in [6, 6.07) is 0. The Labute approximate surface area is 154 Å². The van der Waals surface area contributed by atoms with Crippen molar-refractivity contribution in [3.8, 4) is 0 Å². The van der Waals surface area contributed by atoms with Crippen LogP contribution in [0.3, 0.4) is 0 Å². The number of halogens is 1. The van der Waals surface area contributed by atoms with E-state index in [4.69, 9.17) is 11.6 Å². The van der Waals surface area contributed by atoms with Crippen LogP contribution in [0.5, 0.6) is 0 Å². The first-order valence-corrected chi connectivity index (χ1v) is 9.37. The van der Waals surface area contributed by atoms with Crippen molar-refractivity contribution in [1.82, 2.24) is 20.0 Å². The van der Waals surface area contributed by atoms with Crippen molar-refractivity contribution in [3.63, 3.8) is 0 Å². The zero-order valence-electron chi connectivity index (χ0n) is 15.1. The lowest BCUT2D eigenvalue weighted by molar-refractivity contribution is -0.130. The summed E-state index contributed by atoms with van der Waals surface area (Å²) in [6.45, 7) is 6.79. The van der Waals surface area contributed by atoms with Crippen molar-refractivity contribution < 1.29 is 9.59 Å². The Hall–Kier alpha value is -1.82. The summed E-state index contributed by atoms with van der Waals surface area (Å²) in [5.74, 6) is -0.121. The second kappa shape index (κ2) is 9.61. The van der Waals surface area contributed by atoms with Gasteiger partial charge in [-0.15, -0.1) is 0 Å². The molecular weight excluding hydrogens is 340 g/mol. The van der Waals surface area contributed by atoms with Gasteiger partial charge in [0.25, 0.3) is 0 Å². The predicted molar refractivity (Wildman–Crippen MR) is 99.4 cm³/mol. The number of aromatic nitrogens is 2. The minimum absolute atomic E-state index is 0.109. The minimum Gasteiger partial charge on any atom is -0.352 e. The van der Waals surface area contributed by atoms with Crippen LogP contribution in [-0.4, -0.2) is 46.1 Å². The largest absolute Gasteiger partial charge is 0.352 e. The number of hydrogen-bond donors (Lipinski definition) is 1. The first kappa shape index (κ1) is 19.5. The van der Waals surface area contributed by atoms with Gasteiger partial charge in [-0.1, -0.05) is 24.9 Å². The zero-order valence-corrected chi connectivity index (χ0v) is 15.8. The van der Waals surface area contributed by atoms with E-state index in [0.717, 1.165) is 56.6 Å². The Balaban J connectivity index is 1.81. The molecule has 1 aliphatic heterocycles. The predicted octanol–water partition coefficient (Wildman–Crippen LogP) is 2.79. The summed E-state index contributed by atoms with van der Waals surface area (Å²) in [7, 11) is 0. The molecule has 2 amide bonds. The summed E-state index contributed by atoms with van der Waals surface area (Å²) in [6.07, 6.45) is 7.70. The van der Waals surface area contributed by atoms with E-state index in [-0.39, 0.29) is 11.8 Å². The molecule has 1 aromatic rings. The second-order valence-electron chi connectivity index (χ2n) is 6.33. The molecule has 0 unspecified atom stereocenters. The van der Waals surface area contributed by atoms with Crippen LogP contribution in [0.1, 0.15) is 50.3 Å². The summed E-state index contributed by atoms with van der Waals surface area (Å²) < 4.78 is 1.77. The van der Waals surface area contributed by atoms with Gasteiger partial charge in [-0.05, 0) is 32.3 Å². The molecule has 0 bridgehead atoms. The summed E-state index contributed by atoms with van der Waals surface area (Å²) in [5.41, 5.74) is 1.57. The van der Waals surface area contributed by atoms with E-state index in [1.54, 1.807) is 10.8 Å². The average molecular weight is 367 g/mol. The molecule has 0 spiro atoms. The van der Waals surface area contributed by atoms with Crippen LogP contribution in [-0.2, 0) is 16.1 Å². The third kappa shape index (κ3) is 5.59. The van der Waals surface area contributed by atoms with Gasteiger partial charge in [0.15, 0.2) is 0 Å². The monoisotopic (exact) mass is 366 g/mol. The van der Waals surface area contributed by atoms with E-state index < -0.39 is 0 Å². The topological polar surface area (TPSA) is 67.2 Å². The maximum atomic E-state index is 11.9. The standard InChI is InChI=1S/C18H27ClN4O2/c1-3-4-13-23-18(19)15(14(2)21-23)7-8-16(24)20-10-9-17(25)22-11-5-6-12-22/h7-8H,3-6,9-13H2,1-2H3,(H,20,24)/b8-7+. The van der Waals surface area contributed by atoms with Crippen LogP contribution >= 0.6 is 11.6 Å². The highest BCUT2D eigenvalue weighted by molar-refractivity contribution is 6.31. The van der Waals surface area contributed by atoms with Gasteiger partial charge in [-0.25, -0.2) is 0 Å². The lowest BCUT2D eigenvalue weighted by Gasteiger charge is -2.14. The second-order valence-corrected chi connectivity index (χ2v) is 6.69. The number of rotatable bonds is 8. The fourth-order valence-corrected chi connectivity index (χ4v) is 3.17. The van der Waals surface area contributed by atoms with Crippen molar-refractivity contribution >= 4 is 29.5 Å². The number of unbranched alkanes of at least 4 members (excludes halogenated alkanes) is 1. The van der Waals surface area contributed by atoms with Gasteiger partial charge < -0.3 is 10.2 Å². The van der Waals surface area contributed by atoms with Crippen LogP contribution in [0, 0.1) is 6.92 Å². The summed E-state index contributed by atoms with van der Waals surface area (Å²) in [5, 5.41) is 7.71. The van der Waals surface area contributed by atoms with Crippen molar-refractivity contribution in [1.29, 1.82) is 0 Å². The molecule has 7 heteroatoms. The maximum Gasteiger partial charge on any atom is 0.244 e. The van der Waals surface area contributed by atoms with Crippen LogP contribution < -0.4 is 5.32 Å². The summed E-state index contributed by atoms with van der Waals surface area (Å²) >= 11 is 6.33. The highest BCUT2D eigenvalue weighted by Crippen LogP contribution is 2.21. The Morgan fingerprint density at radius 3 is 2.72 bits per heavy atom. The fraction of sp³-hybridized carbons (Fsp3) is 0.611. The quantitative estimate of drug-likeness (QED) is 0.719. The normalized spacial score (nSPS) is 14.4. The first-order valence-electron chi connectivity index (χ1n) is 8.99. The number of nitrogens with zero attached hydrogens (tertiary/aromatic N) is 3. The van der Waals surface area contributed by atoms with Crippen LogP contribution in [0.15, 0.2) is 6.08 Å². The molecule has 1 aliphatic rings. The highest BCUT2D eigenvalue weighted by atomic mass is 35.5. The molecule has 0 radical (unpaired) electrons. The van der Waals surface area contributed by atoms with Gasteiger partial charge >= 0.3 is 0 Å². The highest BCUT2D eigenvalue weighted by Gasteiger charge is 2.17. The van der Waals surface area contributed by atoms with Crippen molar-refractivity contribution in [2.45, 2.75) is 52.5 Å². The Bertz CT molecular complexity index is 633. The SMILES string of the molecule is CCCCn1nc(C)c(/C=C/C(=O)NCCC(=O)N2CCCC2)c1Cl. The lowest BCUT2D eigenvalue weighted by Crippen LogP contribution is -2.32. The fourth-order valence-electron chi connectivity index (χ4n) is 2.85. The number of hydrogen-bond acceptors (Lipinski definition) is 3. The average Bonchev–Trinajstić information content (AvgIpc) is 3.20. The Morgan fingerprint density at radius 2 is 2.04 bits per heavy atom. The molecule has 2 rings (SSSR count). The maximum absolute atomic E-state index is 11.9. The molecule has 1 fully saturated rings. The van der Waals surface area contributed by atoms with E-state index in [1.807, 2.05) is 11.8 Å². The van der Waals surface area contributed by atoms with Crippen LogP contribution in [0.4, 0.5) is 0 Å². The number of likely N-dealkylation sites (tertiary alicyclic amines) is 1. The molecule has 1 saturated heterocycles. The van der Waals surface area contributed by atoms with Crippen molar-refractivity contribution in [3.05, 3.63) is 22.5 Å². The number of nitrogens with one attached hydrogen (secondary N) is 1. The number of amides is 2. The van der Waals surface area contributed by atoms with E-state index in [0.29, 0.717) is 18.1 Å². The molecule has 1 N–H and O–H groups in total. The smallest absolute Gasteiger partial charge is 0.244 e. The minimum atomic E-state index is -0.231. The van der Waals surface area contributed by atoms with E-state index >= 15 is 0 Å². The third-order valence-electron chi connectivity index (χ3n) is 4.33. The van der Waals surface area contributed by atoms with Crippen molar-refractivity contribution in [2.75, 3.05) is 19.6 Å². The number of carbonyl (C=O) groups excluding carboxylic acids is 2. The van der Waals surface area contributed by atoms with Crippen LogP contribution in [0.2, 0.25) is 5.15 Å². The Kier molecular flexibility index (Phi) is 7.50. The molecule has 25 heavy (non-hydrogen) atoms. The van der Waals surface area contributed by atoms with E-state index in [2.05, 4.69) is 17.3 Å². The van der Waals surface area contributed by atoms with Crippen LogP contribution in [0.25, 0.3) is 6.08 Å². The molecule has 2 heterocycles. The van der Waals surface area contributed by atoms with Gasteiger partial charge in [0.2, 0.25) is 11.8 Å². The number of carbonyl (C=O) groups is 2. The third-order valence-corrected chi connectivity index (χ3v) is 4.73. The van der Waals surface area contributed by atoms with Gasteiger partial charge in [0.05, 0.1) is 5.69 Å². The van der Waals surface area contributed by atoms with Crippen molar-refractivity contribution in [2.24, 2.45) is 0 Å². The number of aryl methyl sites for hydroxylation is 2. The summed E-state index contributed by atoms with van der Waals surface area (Å²) in [4.78, 5) is 25.7. The van der Waals surface area contributed by atoms with Gasteiger partial charge in [0, 0.05) is 44.2 Å². The van der Waals surface area contributed by atoms with E-state index in [1.165, 1.54) is 6.08 Å². The zero-order chi connectivity index (χ0) is 18.2. The van der Waals surface area contributed by atoms with E-state index in [9.17, 15) is 9.59 Å². The van der Waals surface area contributed by atoms with Gasteiger partial charge in [-0.2, -0.15) is 5.10 Å². The molecule has 138 valence electrons. The molecule has 1 aromatic heterocycles. The van der Waals surface area contributed by atoms with Gasteiger partial charge in [0.1, 0.15) is 5.15 Å². The molecule has 0 aromatic carbocycles. The van der Waals surface area contributed by atoms with Gasteiger partial charge in [-0.3, -0.25) is 14.3 Å². The molecular formula is C18H27ClN4O2. The Morgan fingerprint density at radius 1 is 1.32 bits per heavy atom. The molecule has 0 saturated carbocycles. The first-order chi connectivity index (χ1) is 12.0. The molecule has 0 atom stereocenters. The lowest BCUT2D eigenvalue weighted by atomic mass is 10.2. The molecule has 0 aliphatic carbocycles.